The van der Waals surface area contributed by atoms with Crippen molar-refractivity contribution in [3.8, 4) is 0 Å². The van der Waals surface area contributed by atoms with Crippen molar-refractivity contribution in [2.45, 2.75) is 19.0 Å². The van der Waals surface area contributed by atoms with Gasteiger partial charge in [-0.1, -0.05) is 59.6 Å². The van der Waals surface area contributed by atoms with E-state index in [1.807, 2.05) is 30.3 Å². The maximum Gasteiger partial charge on any atom is 0.328 e. The monoisotopic (exact) mass is 423 g/mol. The van der Waals surface area contributed by atoms with Crippen molar-refractivity contribution in [2.75, 3.05) is 6.54 Å². The summed E-state index contributed by atoms with van der Waals surface area (Å²) in [5.74, 6) is -2.06. The van der Waals surface area contributed by atoms with Crippen LogP contribution in [0.3, 0.4) is 0 Å². The zero-order chi connectivity index (χ0) is 20.7. The molecule has 2 atom stereocenters. The van der Waals surface area contributed by atoms with Gasteiger partial charge in [-0.25, -0.2) is 9.59 Å². The van der Waals surface area contributed by atoms with Crippen LogP contribution in [0.1, 0.15) is 28.9 Å². The second-order valence-electron chi connectivity index (χ2n) is 5.95. The van der Waals surface area contributed by atoms with Gasteiger partial charge >= 0.3 is 12.0 Å². The summed E-state index contributed by atoms with van der Waals surface area (Å²) in [6.45, 7) is 1.47. The molecule has 0 heterocycles. The molecule has 2 aromatic rings. The lowest BCUT2D eigenvalue weighted by atomic mass is 10.1. The first-order valence-electron chi connectivity index (χ1n) is 8.36. The van der Waals surface area contributed by atoms with E-state index in [2.05, 4.69) is 16.0 Å². The fourth-order valence-electron chi connectivity index (χ4n) is 2.41. The molecule has 9 heteroatoms. The molecule has 0 bridgehead atoms. The van der Waals surface area contributed by atoms with E-state index in [0.29, 0.717) is 0 Å². The van der Waals surface area contributed by atoms with Crippen LogP contribution >= 0.6 is 23.2 Å². The van der Waals surface area contributed by atoms with Crippen molar-refractivity contribution in [1.29, 1.82) is 0 Å². The molecule has 2 aromatic carbocycles. The number of carbonyl (C=O) groups is 3. The van der Waals surface area contributed by atoms with Gasteiger partial charge in [0.2, 0.25) is 0 Å². The van der Waals surface area contributed by atoms with Gasteiger partial charge < -0.3 is 21.1 Å². The molecule has 0 radical (unpaired) electrons. The Morgan fingerprint density at radius 1 is 0.964 bits per heavy atom. The Morgan fingerprint density at radius 2 is 1.57 bits per heavy atom. The molecular formula is C19H19Cl2N3O4. The molecule has 0 spiro atoms. The number of benzene rings is 2. The number of rotatable bonds is 7. The summed E-state index contributed by atoms with van der Waals surface area (Å²) < 4.78 is 0. The van der Waals surface area contributed by atoms with Crippen LogP contribution in [-0.2, 0) is 4.79 Å². The maximum atomic E-state index is 12.3. The minimum atomic E-state index is -1.36. The van der Waals surface area contributed by atoms with Crippen molar-refractivity contribution < 1.29 is 19.5 Å². The first-order chi connectivity index (χ1) is 13.3. The Hall–Kier alpha value is -2.77. The molecule has 0 aliphatic carbocycles. The largest absolute Gasteiger partial charge is 0.480 e. The van der Waals surface area contributed by atoms with E-state index in [4.69, 9.17) is 23.2 Å². The summed E-state index contributed by atoms with van der Waals surface area (Å²) in [5, 5.41) is 17.0. The number of carbonyl (C=O) groups excluding carboxylic acids is 2. The van der Waals surface area contributed by atoms with Crippen LogP contribution in [0.15, 0.2) is 48.5 Å². The number of amides is 3. The Morgan fingerprint density at radius 3 is 2.14 bits per heavy atom. The molecule has 0 aliphatic heterocycles. The van der Waals surface area contributed by atoms with Crippen molar-refractivity contribution in [3.63, 3.8) is 0 Å². The van der Waals surface area contributed by atoms with E-state index in [0.717, 1.165) is 5.56 Å². The van der Waals surface area contributed by atoms with Gasteiger partial charge in [0.05, 0.1) is 28.2 Å². The second-order valence-corrected chi connectivity index (χ2v) is 6.76. The molecule has 0 aromatic heterocycles. The molecule has 0 aliphatic rings. The number of hydrogen-bond donors (Lipinski definition) is 4. The van der Waals surface area contributed by atoms with Crippen LogP contribution in [-0.4, -0.2) is 35.6 Å². The highest BCUT2D eigenvalue weighted by Crippen LogP contribution is 2.24. The first kappa shape index (κ1) is 21.5. The van der Waals surface area contributed by atoms with Gasteiger partial charge in [-0.3, -0.25) is 4.79 Å². The number of aliphatic carboxylic acids is 1. The van der Waals surface area contributed by atoms with Crippen molar-refractivity contribution in [1.82, 2.24) is 16.0 Å². The normalized spacial score (nSPS) is 12.5. The Balaban J connectivity index is 1.95. The summed E-state index contributed by atoms with van der Waals surface area (Å²) in [6.07, 6.45) is 0. The summed E-state index contributed by atoms with van der Waals surface area (Å²) >= 11 is 11.9. The Kier molecular flexibility index (Phi) is 7.66. The highest BCUT2D eigenvalue weighted by molar-refractivity contribution is 6.39. The smallest absolute Gasteiger partial charge is 0.328 e. The van der Waals surface area contributed by atoms with Crippen molar-refractivity contribution in [2.24, 2.45) is 0 Å². The highest BCUT2D eigenvalue weighted by atomic mass is 35.5. The number of carboxylic acids is 1. The van der Waals surface area contributed by atoms with Crippen LogP contribution in [0.2, 0.25) is 10.0 Å². The quantitative estimate of drug-likeness (QED) is 0.547. The molecule has 2 rings (SSSR count). The third kappa shape index (κ3) is 5.87. The molecule has 4 N–H and O–H groups in total. The summed E-state index contributed by atoms with van der Waals surface area (Å²) in [5.41, 5.74) is 0.869. The van der Waals surface area contributed by atoms with E-state index in [1.54, 1.807) is 13.0 Å². The van der Waals surface area contributed by atoms with Crippen LogP contribution in [0, 0.1) is 0 Å². The van der Waals surface area contributed by atoms with Crippen LogP contribution in [0.4, 0.5) is 4.79 Å². The van der Waals surface area contributed by atoms with E-state index >= 15 is 0 Å². The van der Waals surface area contributed by atoms with Crippen molar-refractivity contribution >= 4 is 41.1 Å². The van der Waals surface area contributed by atoms with E-state index < -0.39 is 23.9 Å². The number of halogens is 2. The molecule has 28 heavy (non-hydrogen) atoms. The van der Waals surface area contributed by atoms with Gasteiger partial charge in [-0.05, 0) is 24.6 Å². The highest BCUT2D eigenvalue weighted by Gasteiger charge is 2.24. The predicted octanol–water partition coefficient (Wildman–Crippen LogP) is 3.24. The third-order valence-electron chi connectivity index (χ3n) is 3.91. The summed E-state index contributed by atoms with van der Waals surface area (Å²) in [6, 6.07) is 11.6. The molecule has 148 valence electrons. The topological polar surface area (TPSA) is 108 Å². The minimum Gasteiger partial charge on any atom is -0.480 e. The van der Waals surface area contributed by atoms with Gasteiger partial charge in [0.25, 0.3) is 5.91 Å². The summed E-state index contributed by atoms with van der Waals surface area (Å²) in [7, 11) is 0. The number of hydrogen-bond acceptors (Lipinski definition) is 3. The lowest BCUT2D eigenvalue weighted by molar-refractivity contribution is -0.139. The lowest BCUT2D eigenvalue weighted by Gasteiger charge is -2.18. The van der Waals surface area contributed by atoms with E-state index in [9.17, 15) is 19.5 Å². The fourth-order valence-corrected chi connectivity index (χ4v) is 2.98. The Bertz CT molecular complexity index is 841. The van der Waals surface area contributed by atoms with Gasteiger partial charge in [0.1, 0.15) is 6.04 Å². The predicted molar refractivity (Wildman–Crippen MR) is 107 cm³/mol. The molecule has 0 unspecified atom stereocenters. The van der Waals surface area contributed by atoms with Gasteiger partial charge in [0, 0.05) is 0 Å². The average molecular weight is 424 g/mol. The van der Waals surface area contributed by atoms with Crippen LogP contribution in [0.5, 0.6) is 0 Å². The van der Waals surface area contributed by atoms with Crippen LogP contribution < -0.4 is 16.0 Å². The van der Waals surface area contributed by atoms with Gasteiger partial charge in [0.15, 0.2) is 0 Å². The fraction of sp³-hybridized carbons (Fsp3) is 0.211. The average Bonchev–Trinajstić information content (AvgIpc) is 2.65. The molecule has 7 nitrogen and oxygen atoms in total. The van der Waals surface area contributed by atoms with Gasteiger partial charge in [-0.2, -0.15) is 0 Å². The molecule has 0 saturated carbocycles. The van der Waals surface area contributed by atoms with E-state index in [-0.39, 0.29) is 28.2 Å². The number of urea groups is 1. The van der Waals surface area contributed by atoms with Crippen LogP contribution in [0.25, 0.3) is 0 Å². The minimum absolute atomic E-state index is 0.0285. The van der Waals surface area contributed by atoms with E-state index in [1.165, 1.54) is 12.1 Å². The lowest BCUT2D eigenvalue weighted by Crippen LogP contribution is -2.50. The Labute approximate surface area is 172 Å². The molecular weight excluding hydrogens is 405 g/mol. The standard InChI is InChI=1S/C19H19Cl2N3O4/c1-11(12-6-3-2-4-7-12)23-19(28)22-10-15(18(26)27)24-17(25)16-13(20)8-5-9-14(16)21/h2-9,11,15H,10H2,1H3,(H,24,25)(H,26,27)(H2,22,23,28)/t11-,15+/m1/s1. The summed E-state index contributed by atoms with van der Waals surface area (Å²) in [4.78, 5) is 35.8. The molecule has 3 amide bonds. The maximum absolute atomic E-state index is 12.3. The van der Waals surface area contributed by atoms with Crippen molar-refractivity contribution in [3.05, 3.63) is 69.7 Å². The number of nitrogens with one attached hydrogen (secondary N) is 3. The number of carboxylic acid groups (broad SMARTS) is 1. The first-order valence-corrected chi connectivity index (χ1v) is 9.12. The second kappa shape index (κ2) is 9.96. The zero-order valence-electron chi connectivity index (χ0n) is 14.9. The third-order valence-corrected chi connectivity index (χ3v) is 4.54. The zero-order valence-corrected chi connectivity index (χ0v) is 16.4. The molecule has 0 fully saturated rings. The SMILES string of the molecule is C[C@@H](NC(=O)NC[C@H](NC(=O)c1c(Cl)cccc1Cl)C(=O)O)c1ccccc1. The van der Waals surface area contributed by atoms with Gasteiger partial charge in [-0.15, -0.1) is 0 Å². The molecule has 0 saturated heterocycles.